The fraction of sp³-hybridized carbons (Fsp3) is 0.200. The van der Waals surface area contributed by atoms with Crippen LogP contribution in [0.2, 0.25) is 0 Å². The van der Waals surface area contributed by atoms with Crippen molar-refractivity contribution in [3.63, 3.8) is 0 Å². The van der Waals surface area contributed by atoms with Gasteiger partial charge in [-0.05, 0) is 36.8 Å². The van der Waals surface area contributed by atoms with E-state index < -0.39 is 29.5 Å². The number of amides is 1. The molecule has 2 N–H and O–H groups in total. The number of benzene rings is 2. The van der Waals surface area contributed by atoms with Crippen LogP contribution in [-0.2, 0) is 14.3 Å². The summed E-state index contributed by atoms with van der Waals surface area (Å²) in [6.45, 7) is 1.58. The summed E-state index contributed by atoms with van der Waals surface area (Å²) in [5, 5.41) is 21.4. The van der Waals surface area contributed by atoms with Gasteiger partial charge in [-0.2, -0.15) is 0 Å². The molecule has 1 aliphatic rings. The third kappa shape index (κ3) is 4.13. The van der Waals surface area contributed by atoms with Gasteiger partial charge in [0.1, 0.15) is 16.4 Å². The van der Waals surface area contributed by atoms with Crippen LogP contribution in [0.5, 0.6) is 17.2 Å². The molecule has 0 saturated carbocycles. The highest BCUT2D eigenvalue weighted by Gasteiger charge is 2.48. The van der Waals surface area contributed by atoms with Gasteiger partial charge in [-0.3, -0.25) is 14.5 Å². The Morgan fingerprint density at radius 3 is 2.50 bits per heavy atom. The van der Waals surface area contributed by atoms with E-state index in [1.807, 2.05) is 0 Å². The lowest BCUT2D eigenvalue weighted by molar-refractivity contribution is -0.132. The van der Waals surface area contributed by atoms with E-state index in [4.69, 9.17) is 14.2 Å². The zero-order valence-corrected chi connectivity index (χ0v) is 20.6. The summed E-state index contributed by atoms with van der Waals surface area (Å²) < 4.78 is 15.2. The maximum Gasteiger partial charge on any atom is 0.350 e. The Morgan fingerprint density at radius 2 is 1.83 bits per heavy atom. The van der Waals surface area contributed by atoms with Crippen LogP contribution >= 0.6 is 11.3 Å². The lowest BCUT2D eigenvalue weighted by atomic mass is 9.95. The number of hydrogen-bond donors (Lipinski definition) is 2. The average Bonchev–Trinajstić information content (AvgIpc) is 3.40. The lowest BCUT2D eigenvalue weighted by Crippen LogP contribution is -2.29. The first kappa shape index (κ1) is 24.7. The Bertz CT molecular complexity index is 1410. The Hall–Kier alpha value is -4.38. The van der Waals surface area contributed by atoms with Crippen molar-refractivity contribution in [3.05, 3.63) is 69.7 Å². The first-order valence-electron chi connectivity index (χ1n) is 10.6. The largest absolute Gasteiger partial charge is 0.507 e. The minimum atomic E-state index is -1.14. The van der Waals surface area contributed by atoms with Gasteiger partial charge in [-0.15, -0.1) is 0 Å². The number of hydrogen-bond acceptors (Lipinski definition) is 10. The van der Waals surface area contributed by atoms with Crippen LogP contribution < -0.4 is 14.4 Å². The molecule has 2 heterocycles. The quantitative estimate of drug-likeness (QED) is 0.221. The van der Waals surface area contributed by atoms with Gasteiger partial charge in [0.2, 0.25) is 0 Å². The van der Waals surface area contributed by atoms with Crippen molar-refractivity contribution in [3.8, 4) is 17.2 Å². The number of methoxy groups -OCH3 is 3. The molecular weight excluding hydrogens is 488 g/mol. The lowest BCUT2D eigenvalue weighted by Gasteiger charge is -2.23. The second-order valence-electron chi connectivity index (χ2n) is 7.73. The fourth-order valence-electron chi connectivity index (χ4n) is 3.90. The molecule has 1 saturated heterocycles. The van der Waals surface area contributed by atoms with Gasteiger partial charge in [-0.1, -0.05) is 29.5 Å². The number of aliphatic hydroxyl groups is 1. The van der Waals surface area contributed by atoms with Crippen LogP contribution in [0.25, 0.3) is 5.76 Å². The number of aromatic nitrogens is 1. The van der Waals surface area contributed by atoms with Crippen molar-refractivity contribution < 1.29 is 38.8 Å². The van der Waals surface area contributed by atoms with Gasteiger partial charge in [0, 0.05) is 5.56 Å². The number of ether oxygens (including phenoxy) is 3. The highest BCUT2D eigenvalue weighted by atomic mass is 32.1. The molecule has 10 nitrogen and oxygen atoms in total. The van der Waals surface area contributed by atoms with Crippen molar-refractivity contribution in [2.45, 2.75) is 13.0 Å². The Kier molecular flexibility index (Phi) is 6.67. The number of rotatable bonds is 6. The number of Topliss-reactive ketones (excluding diaryl/α,β-unsaturated/α-hetero) is 1. The number of aliphatic hydroxyl groups excluding tert-OH is 1. The molecule has 4 rings (SSSR count). The summed E-state index contributed by atoms with van der Waals surface area (Å²) in [5.74, 6) is -2.55. The van der Waals surface area contributed by atoms with Crippen molar-refractivity contribution in [2.24, 2.45) is 0 Å². The number of phenolic OH excluding ortho intramolecular Hbond substituents is 1. The van der Waals surface area contributed by atoms with Crippen LogP contribution in [0, 0.1) is 6.92 Å². The normalized spacial score (nSPS) is 16.8. The second kappa shape index (κ2) is 9.70. The second-order valence-corrected chi connectivity index (χ2v) is 8.71. The molecule has 0 unspecified atom stereocenters. The maximum absolute atomic E-state index is 13.3. The number of carbonyl (C=O) groups excluding carboxylic acids is 3. The SMILES string of the molecule is COC(=O)c1sc(N2C(=O)C(=O)/C(=C(/O)c3cccc(OC)c3)[C@@H]2c2ccc(O)c(OC)c2)nc1C. The summed E-state index contributed by atoms with van der Waals surface area (Å²) in [7, 11) is 4.05. The molecule has 1 aliphatic heterocycles. The Labute approximate surface area is 210 Å². The summed E-state index contributed by atoms with van der Waals surface area (Å²) in [5.41, 5.74) is 0.737. The smallest absolute Gasteiger partial charge is 0.350 e. The van der Waals surface area contributed by atoms with Gasteiger partial charge in [0.25, 0.3) is 5.78 Å². The molecule has 1 aromatic heterocycles. The van der Waals surface area contributed by atoms with Crippen molar-refractivity contribution >= 4 is 39.9 Å². The van der Waals surface area contributed by atoms with Crippen LogP contribution in [0.3, 0.4) is 0 Å². The molecule has 36 heavy (non-hydrogen) atoms. The standard InChI is InChI=1S/C25H22N2O8S/c1-12-22(24(32)35-4)36-25(26-12)27-19(13-8-9-16(28)17(11-13)34-3)18(21(30)23(27)31)20(29)14-6-5-7-15(10-14)33-2/h5-11,19,28-29H,1-4H3/b20-18+/t19-/m0/s1. The molecule has 1 fully saturated rings. The number of esters is 1. The van der Waals surface area contributed by atoms with E-state index in [0.717, 1.165) is 16.2 Å². The predicted molar refractivity (Wildman–Crippen MR) is 131 cm³/mol. The number of aryl methyl sites for hydroxylation is 1. The van der Waals surface area contributed by atoms with Gasteiger partial charge in [-0.25, -0.2) is 9.78 Å². The molecular formula is C25H22N2O8S. The van der Waals surface area contributed by atoms with Gasteiger partial charge in [0.15, 0.2) is 16.6 Å². The van der Waals surface area contributed by atoms with Crippen molar-refractivity contribution in [1.29, 1.82) is 0 Å². The highest BCUT2D eigenvalue weighted by molar-refractivity contribution is 7.17. The zero-order valence-electron chi connectivity index (χ0n) is 19.8. The van der Waals surface area contributed by atoms with E-state index >= 15 is 0 Å². The molecule has 2 aromatic carbocycles. The van der Waals surface area contributed by atoms with Crippen molar-refractivity contribution in [1.82, 2.24) is 4.98 Å². The van der Waals surface area contributed by atoms with Crippen LogP contribution in [0.4, 0.5) is 5.13 Å². The summed E-state index contributed by atoms with van der Waals surface area (Å²) in [6, 6.07) is 9.58. The minimum Gasteiger partial charge on any atom is -0.507 e. The molecule has 1 atom stereocenters. The fourth-order valence-corrected chi connectivity index (χ4v) is 4.91. The van der Waals surface area contributed by atoms with E-state index in [0.29, 0.717) is 17.0 Å². The van der Waals surface area contributed by atoms with Gasteiger partial charge < -0.3 is 24.4 Å². The number of carbonyl (C=O) groups is 3. The maximum atomic E-state index is 13.3. The summed E-state index contributed by atoms with van der Waals surface area (Å²) in [4.78, 5) is 44.4. The number of nitrogens with zero attached hydrogens (tertiary/aromatic N) is 2. The predicted octanol–water partition coefficient (Wildman–Crippen LogP) is 3.59. The van der Waals surface area contributed by atoms with Crippen LogP contribution in [0.1, 0.15) is 32.5 Å². The zero-order chi connectivity index (χ0) is 26.1. The molecule has 0 spiro atoms. The Balaban J connectivity index is 1.97. The van der Waals surface area contributed by atoms with E-state index in [9.17, 15) is 24.6 Å². The van der Waals surface area contributed by atoms with Crippen LogP contribution in [-0.4, -0.2) is 54.2 Å². The number of ketones is 1. The summed E-state index contributed by atoms with van der Waals surface area (Å²) in [6.07, 6.45) is 0. The topological polar surface area (TPSA) is 135 Å². The van der Waals surface area contributed by atoms with E-state index in [1.54, 1.807) is 25.1 Å². The number of phenols is 1. The Morgan fingerprint density at radius 1 is 1.08 bits per heavy atom. The average molecular weight is 511 g/mol. The molecule has 0 aliphatic carbocycles. The van der Waals surface area contributed by atoms with E-state index in [2.05, 4.69) is 4.98 Å². The molecule has 0 radical (unpaired) electrons. The van der Waals surface area contributed by atoms with Crippen molar-refractivity contribution in [2.75, 3.05) is 26.2 Å². The molecule has 3 aromatic rings. The first-order valence-corrected chi connectivity index (χ1v) is 11.4. The van der Waals surface area contributed by atoms with E-state index in [1.165, 1.54) is 45.6 Å². The molecule has 186 valence electrons. The van der Waals surface area contributed by atoms with Gasteiger partial charge in [0.05, 0.1) is 38.6 Å². The van der Waals surface area contributed by atoms with Gasteiger partial charge >= 0.3 is 11.9 Å². The molecule has 1 amide bonds. The molecule has 0 bridgehead atoms. The number of aromatic hydroxyl groups is 1. The third-order valence-corrected chi connectivity index (χ3v) is 6.81. The monoisotopic (exact) mass is 510 g/mol. The van der Waals surface area contributed by atoms with E-state index in [-0.39, 0.29) is 32.6 Å². The molecule has 11 heteroatoms. The summed E-state index contributed by atoms with van der Waals surface area (Å²) >= 11 is 0.885. The first-order chi connectivity index (χ1) is 17.2. The number of thiazole rings is 1. The third-order valence-electron chi connectivity index (χ3n) is 5.67. The number of anilines is 1. The van der Waals surface area contributed by atoms with Crippen LogP contribution in [0.15, 0.2) is 48.0 Å². The highest BCUT2D eigenvalue weighted by Crippen LogP contribution is 2.45. The minimum absolute atomic E-state index is 0.0664.